The van der Waals surface area contributed by atoms with Crippen molar-refractivity contribution in [3.05, 3.63) is 90.4 Å². The second-order valence-electron chi connectivity index (χ2n) is 6.48. The van der Waals surface area contributed by atoms with Gasteiger partial charge in [-0.15, -0.1) is 0 Å². The molecule has 1 aliphatic heterocycles. The number of nitro groups is 1. The van der Waals surface area contributed by atoms with Gasteiger partial charge in [-0.25, -0.2) is 0 Å². The number of imide groups is 1. The van der Waals surface area contributed by atoms with Crippen LogP contribution in [0.3, 0.4) is 0 Å². The van der Waals surface area contributed by atoms with E-state index in [1.807, 2.05) is 24.3 Å². The third-order valence-corrected chi connectivity index (χ3v) is 6.40. The number of furan rings is 1. The number of hydrogen-bond donors (Lipinski definition) is 0. The summed E-state index contributed by atoms with van der Waals surface area (Å²) in [5, 5.41) is 11.2. The molecule has 0 spiro atoms. The minimum absolute atomic E-state index is 0.143. The highest BCUT2D eigenvalue weighted by Gasteiger charge is 2.35. The Morgan fingerprint density at radius 1 is 1.16 bits per heavy atom. The number of carbonyl (C=O) groups is 2. The van der Waals surface area contributed by atoms with E-state index >= 15 is 0 Å². The summed E-state index contributed by atoms with van der Waals surface area (Å²) in [5.41, 5.74) is 0.875. The van der Waals surface area contributed by atoms with Crippen molar-refractivity contribution in [3.8, 4) is 11.3 Å². The van der Waals surface area contributed by atoms with Gasteiger partial charge in [-0.3, -0.25) is 24.6 Å². The first-order valence-electron chi connectivity index (χ1n) is 8.86. The van der Waals surface area contributed by atoms with Gasteiger partial charge in [0, 0.05) is 21.6 Å². The number of rotatable bonds is 5. The van der Waals surface area contributed by atoms with E-state index in [1.54, 1.807) is 12.1 Å². The normalized spacial score (nSPS) is 15.2. The largest absolute Gasteiger partial charge is 0.456 e. The van der Waals surface area contributed by atoms with Crippen LogP contribution in [0.4, 0.5) is 10.5 Å². The molecule has 0 saturated carbocycles. The molecule has 2 aromatic carbocycles. The van der Waals surface area contributed by atoms with Gasteiger partial charge in [-0.05, 0) is 47.7 Å². The summed E-state index contributed by atoms with van der Waals surface area (Å²) >= 11 is 10.1. The van der Waals surface area contributed by atoms with Gasteiger partial charge >= 0.3 is 0 Å². The van der Waals surface area contributed by atoms with E-state index in [-0.39, 0.29) is 38.7 Å². The minimum Gasteiger partial charge on any atom is -0.456 e. The molecule has 3 aromatic rings. The number of amides is 2. The zero-order valence-electron chi connectivity index (χ0n) is 15.6. The zero-order valence-corrected chi connectivity index (χ0v) is 18.7. The Balaban J connectivity index is 1.59. The lowest BCUT2D eigenvalue weighted by Gasteiger charge is -2.13. The number of benzene rings is 2. The van der Waals surface area contributed by atoms with Gasteiger partial charge in [0.25, 0.3) is 16.8 Å². The summed E-state index contributed by atoms with van der Waals surface area (Å²) in [5.74, 6) is 0.119. The first kappa shape index (κ1) is 21.4. The van der Waals surface area contributed by atoms with Crippen LogP contribution in [-0.2, 0) is 11.3 Å². The van der Waals surface area contributed by atoms with Crippen molar-refractivity contribution >= 4 is 62.2 Å². The van der Waals surface area contributed by atoms with Crippen molar-refractivity contribution in [2.24, 2.45) is 0 Å². The smallest absolute Gasteiger partial charge is 0.293 e. The molecule has 0 unspecified atom stereocenters. The molecule has 0 bridgehead atoms. The second-order valence-corrected chi connectivity index (χ2v) is 8.76. The fourth-order valence-corrected chi connectivity index (χ4v) is 4.40. The monoisotopic (exact) mass is 518 g/mol. The first-order valence-corrected chi connectivity index (χ1v) is 10.8. The van der Waals surface area contributed by atoms with E-state index in [4.69, 9.17) is 16.0 Å². The Morgan fingerprint density at radius 3 is 2.68 bits per heavy atom. The van der Waals surface area contributed by atoms with Crippen LogP contribution in [0.1, 0.15) is 11.3 Å². The maximum Gasteiger partial charge on any atom is 0.293 e. The number of halogens is 2. The highest BCUT2D eigenvalue weighted by molar-refractivity contribution is 9.10. The summed E-state index contributed by atoms with van der Waals surface area (Å²) in [7, 11) is 0. The summed E-state index contributed by atoms with van der Waals surface area (Å²) < 4.78 is 6.50. The third kappa shape index (κ3) is 4.43. The van der Waals surface area contributed by atoms with Crippen molar-refractivity contribution < 1.29 is 18.9 Å². The zero-order chi connectivity index (χ0) is 22.1. The molecule has 0 atom stereocenters. The summed E-state index contributed by atoms with van der Waals surface area (Å²) in [4.78, 5) is 37.3. The van der Waals surface area contributed by atoms with Gasteiger partial charge in [0.2, 0.25) is 0 Å². The molecule has 10 heteroatoms. The molecule has 2 amide bonds. The van der Waals surface area contributed by atoms with Gasteiger partial charge in [0.05, 0.1) is 21.9 Å². The van der Waals surface area contributed by atoms with Crippen molar-refractivity contribution in [3.63, 3.8) is 0 Å². The van der Waals surface area contributed by atoms with Crippen LogP contribution in [0, 0.1) is 10.1 Å². The third-order valence-electron chi connectivity index (χ3n) is 4.48. The van der Waals surface area contributed by atoms with Crippen LogP contribution in [0.15, 0.2) is 68.4 Å². The van der Waals surface area contributed by atoms with Crippen LogP contribution in [0.2, 0.25) is 5.02 Å². The van der Waals surface area contributed by atoms with Crippen LogP contribution in [-0.4, -0.2) is 21.0 Å². The number of carbonyl (C=O) groups excluding carboxylic acids is 2. The molecule has 1 aromatic heterocycles. The molecule has 1 aliphatic rings. The molecule has 156 valence electrons. The molecular formula is C21H12BrClN2O5S. The van der Waals surface area contributed by atoms with Gasteiger partial charge in [0.15, 0.2) is 0 Å². The number of nitrogens with zero attached hydrogens (tertiary/aromatic N) is 2. The predicted molar refractivity (Wildman–Crippen MR) is 121 cm³/mol. The average molecular weight is 520 g/mol. The Morgan fingerprint density at radius 2 is 1.94 bits per heavy atom. The molecule has 4 rings (SSSR count). The second kappa shape index (κ2) is 8.70. The molecule has 2 heterocycles. The lowest BCUT2D eigenvalue weighted by Crippen LogP contribution is -2.27. The Kier molecular flexibility index (Phi) is 5.99. The Bertz CT molecular complexity index is 1260. The quantitative estimate of drug-likeness (QED) is 0.217. The summed E-state index contributed by atoms with van der Waals surface area (Å²) in [6.45, 7) is 0.143. The minimum atomic E-state index is -0.545. The number of thioether (sulfide) groups is 1. The van der Waals surface area contributed by atoms with E-state index in [1.165, 1.54) is 24.3 Å². The number of hydrogen-bond acceptors (Lipinski definition) is 6. The molecule has 0 aliphatic carbocycles. The van der Waals surface area contributed by atoms with Crippen LogP contribution >= 0.6 is 39.3 Å². The predicted octanol–water partition coefficient (Wildman–Crippen LogP) is 6.51. The van der Waals surface area contributed by atoms with E-state index in [2.05, 4.69) is 15.9 Å². The maximum atomic E-state index is 12.7. The lowest BCUT2D eigenvalue weighted by atomic mass is 10.1. The van der Waals surface area contributed by atoms with Crippen molar-refractivity contribution in [2.45, 2.75) is 6.54 Å². The molecule has 1 saturated heterocycles. The summed E-state index contributed by atoms with van der Waals surface area (Å²) in [6, 6.07) is 14.7. The molecule has 0 N–H and O–H groups in total. The highest BCUT2D eigenvalue weighted by atomic mass is 79.9. The molecular weight excluding hydrogens is 508 g/mol. The SMILES string of the molecule is O=C1S/C(=C/c2ccc(-c3ccc(Cl)cc3[N+](=O)[O-])o2)C(=O)N1Cc1ccccc1Br. The first-order chi connectivity index (χ1) is 14.8. The van der Waals surface area contributed by atoms with E-state index in [0.29, 0.717) is 5.76 Å². The van der Waals surface area contributed by atoms with E-state index in [9.17, 15) is 19.7 Å². The standard InChI is InChI=1S/C21H12BrClN2O5S/c22-16-4-2-1-3-12(16)11-24-20(26)19(31-21(24)27)10-14-6-8-18(30-14)15-7-5-13(23)9-17(15)25(28)29/h1-10H,11H2/b19-10+. The lowest BCUT2D eigenvalue weighted by molar-refractivity contribution is -0.384. The molecule has 7 nitrogen and oxygen atoms in total. The van der Waals surface area contributed by atoms with Crippen LogP contribution in [0.25, 0.3) is 17.4 Å². The molecule has 0 radical (unpaired) electrons. The van der Waals surface area contributed by atoms with Gasteiger partial charge in [0.1, 0.15) is 11.5 Å². The Labute approximate surface area is 193 Å². The van der Waals surface area contributed by atoms with Crippen molar-refractivity contribution in [2.75, 3.05) is 0 Å². The fourth-order valence-electron chi connectivity index (χ4n) is 3.00. The van der Waals surface area contributed by atoms with Crippen molar-refractivity contribution in [1.82, 2.24) is 4.90 Å². The highest BCUT2D eigenvalue weighted by Crippen LogP contribution is 2.37. The van der Waals surface area contributed by atoms with Gasteiger partial charge < -0.3 is 4.42 Å². The van der Waals surface area contributed by atoms with Crippen LogP contribution in [0.5, 0.6) is 0 Å². The molecule has 31 heavy (non-hydrogen) atoms. The van der Waals surface area contributed by atoms with Gasteiger partial charge in [-0.1, -0.05) is 45.7 Å². The van der Waals surface area contributed by atoms with Crippen LogP contribution < -0.4 is 0 Å². The number of nitro benzene ring substituents is 1. The topological polar surface area (TPSA) is 93.7 Å². The Hall–Kier alpha value is -2.88. The van der Waals surface area contributed by atoms with E-state index < -0.39 is 10.8 Å². The van der Waals surface area contributed by atoms with E-state index in [0.717, 1.165) is 26.7 Å². The average Bonchev–Trinajstić information content (AvgIpc) is 3.29. The maximum absolute atomic E-state index is 12.7. The van der Waals surface area contributed by atoms with Gasteiger partial charge in [-0.2, -0.15) is 0 Å². The van der Waals surface area contributed by atoms with Crippen molar-refractivity contribution in [1.29, 1.82) is 0 Å². The fraction of sp³-hybridized carbons (Fsp3) is 0.0476. The molecule has 1 fully saturated rings. The summed E-state index contributed by atoms with van der Waals surface area (Å²) in [6.07, 6.45) is 1.45.